The van der Waals surface area contributed by atoms with E-state index in [9.17, 15) is 4.79 Å². The molecule has 0 spiro atoms. The Morgan fingerprint density at radius 3 is 2.71 bits per heavy atom. The Kier molecular flexibility index (Phi) is 4.03. The largest absolute Gasteiger partial charge is 0.384 e. The van der Waals surface area contributed by atoms with E-state index in [1.165, 1.54) is 11.1 Å². The summed E-state index contributed by atoms with van der Waals surface area (Å²) in [5.41, 5.74) is 2.37. The van der Waals surface area contributed by atoms with Crippen molar-refractivity contribution >= 4 is 5.91 Å². The summed E-state index contributed by atoms with van der Waals surface area (Å²) in [7, 11) is 1.70. The van der Waals surface area contributed by atoms with Gasteiger partial charge >= 0.3 is 0 Å². The van der Waals surface area contributed by atoms with Gasteiger partial charge in [-0.1, -0.05) is 30.7 Å². The number of benzene rings is 1. The third-order valence-corrected chi connectivity index (χ3v) is 5.25. The third kappa shape index (κ3) is 2.48. The van der Waals surface area contributed by atoms with E-state index < -0.39 is 0 Å². The maximum Gasteiger partial charge on any atom is 0.231 e. The van der Waals surface area contributed by atoms with Gasteiger partial charge in [-0.3, -0.25) is 4.79 Å². The third-order valence-electron chi connectivity index (χ3n) is 5.25. The zero-order valence-corrected chi connectivity index (χ0v) is 13.1. The average molecular weight is 287 g/mol. The molecule has 0 bridgehead atoms. The predicted molar refractivity (Wildman–Crippen MR) is 83.0 cm³/mol. The minimum absolute atomic E-state index is 0.236. The Balaban J connectivity index is 1.84. The van der Waals surface area contributed by atoms with Crippen LogP contribution >= 0.6 is 0 Å². The van der Waals surface area contributed by atoms with Crippen molar-refractivity contribution < 1.29 is 9.53 Å². The minimum Gasteiger partial charge on any atom is -0.384 e. The van der Waals surface area contributed by atoms with Crippen LogP contribution < -0.4 is 0 Å². The molecule has 1 aromatic carbocycles. The molecule has 2 aliphatic rings. The van der Waals surface area contributed by atoms with Crippen molar-refractivity contribution in [2.45, 2.75) is 45.1 Å². The van der Waals surface area contributed by atoms with Crippen LogP contribution in [0, 0.1) is 12.3 Å². The summed E-state index contributed by atoms with van der Waals surface area (Å²) in [4.78, 5) is 15.2. The van der Waals surface area contributed by atoms with Gasteiger partial charge in [-0.2, -0.15) is 0 Å². The normalized spacial score (nSPS) is 23.9. The Morgan fingerprint density at radius 2 is 2.10 bits per heavy atom. The van der Waals surface area contributed by atoms with Crippen LogP contribution in [0.25, 0.3) is 0 Å². The fourth-order valence-corrected chi connectivity index (χ4v) is 3.90. The van der Waals surface area contributed by atoms with Crippen LogP contribution in [0.4, 0.5) is 0 Å². The fourth-order valence-electron chi connectivity index (χ4n) is 3.90. The van der Waals surface area contributed by atoms with Crippen molar-refractivity contribution in [3.8, 4) is 0 Å². The molecule has 1 saturated heterocycles. The highest BCUT2D eigenvalue weighted by Gasteiger charge is 2.48. The SMILES string of the molecule is COCC1(C(=O)N2CCCC2c2ccccc2C)CCC1. The number of rotatable bonds is 4. The van der Waals surface area contributed by atoms with Crippen LogP contribution in [-0.4, -0.2) is 31.1 Å². The van der Waals surface area contributed by atoms with Crippen LogP contribution in [-0.2, 0) is 9.53 Å². The molecule has 1 saturated carbocycles. The van der Waals surface area contributed by atoms with E-state index in [1.807, 2.05) is 0 Å². The van der Waals surface area contributed by atoms with Crippen LogP contribution in [0.1, 0.15) is 49.3 Å². The van der Waals surface area contributed by atoms with Crippen molar-refractivity contribution in [2.75, 3.05) is 20.3 Å². The summed E-state index contributed by atoms with van der Waals surface area (Å²) in [5, 5.41) is 0. The number of hydrogen-bond acceptors (Lipinski definition) is 2. The van der Waals surface area contributed by atoms with E-state index in [0.717, 1.165) is 38.6 Å². The van der Waals surface area contributed by atoms with Crippen molar-refractivity contribution in [3.05, 3.63) is 35.4 Å². The number of likely N-dealkylation sites (tertiary alicyclic amines) is 1. The van der Waals surface area contributed by atoms with Gasteiger partial charge in [0.05, 0.1) is 18.1 Å². The Morgan fingerprint density at radius 1 is 1.33 bits per heavy atom. The van der Waals surface area contributed by atoms with Crippen LogP contribution in [0.5, 0.6) is 0 Å². The lowest BCUT2D eigenvalue weighted by atomic mass is 9.68. The first-order chi connectivity index (χ1) is 10.2. The van der Waals surface area contributed by atoms with Crippen molar-refractivity contribution in [3.63, 3.8) is 0 Å². The molecule has 1 aromatic rings. The highest BCUT2D eigenvalue weighted by molar-refractivity contribution is 5.84. The zero-order valence-electron chi connectivity index (χ0n) is 13.1. The van der Waals surface area contributed by atoms with Crippen molar-refractivity contribution in [1.82, 2.24) is 4.90 Å². The van der Waals surface area contributed by atoms with E-state index in [0.29, 0.717) is 12.5 Å². The molecular formula is C18H25NO2. The first-order valence-electron chi connectivity index (χ1n) is 8.03. The number of nitrogens with zero attached hydrogens (tertiary/aromatic N) is 1. The number of amides is 1. The summed E-state index contributed by atoms with van der Waals surface area (Å²) < 4.78 is 5.35. The van der Waals surface area contributed by atoms with Gasteiger partial charge in [-0.15, -0.1) is 0 Å². The van der Waals surface area contributed by atoms with E-state index in [4.69, 9.17) is 4.74 Å². The maximum absolute atomic E-state index is 13.1. The molecule has 3 heteroatoms. The summed E-state index contributed by atoms with van der Waals surface area (Å²) in [6, 6.07) is 8.73. The predicted octanol–water partition coefficient (Wildman–Crippen LogP) is 3.48. The summed E-state index contributed by atoms with van der Waals surface area (Å²) in [6.07, 6.45) is 5.30. The smallest absolute Gasteiger partial charge is 0.231 e. The molecule has 1 aliphatic carbocycles. The van der Waals surface area contributed by atoms with E-state index in [2.05, 4.69) is 36.1 Å². The fraction of sp³-hybridized carbons (Fsp3) is 0.611. The molecular weight excluding hydrogens is 262 g/mol. The molecule has 0 N–H and O–H groups in total. The molecule has 1 unspecified atom stereocenters. The quantitative estimate of drug-likeness (QED) is 0.848. The van der Waals surface area contributed by atoms with Gasteiger partial charge in [0, 0.05) is 13.7 Å². The average Bonchev–Trinajstić information content (AvgIpc) is 2.91. The van der Waals surface area contributed by atoms with Crippen LogP contribution in [0.15, 0.2) is 24.3 Å². The first kappa shape index (κ1) is 14.6. The number of ether oxygens (including phenoxy) is 1. The van der Waals surface area contributed by atoms with Gasteiger partial charge in [0.2, 0.25) is 5.91 Å². The Labute approximate surface area is 127 Å². The second-order valence-electron chi connectivity index (χ2n) is 6.58. The molecule has 2 fully saturated rings. The molecule has 1 aliphatic heterocycles. The zero-order chi connectivity index (χ0) is 14.9. The molecule has 1 amide bonds. The molecule has 21 heavy (non-hydrogen) atoms. The molecule has 3 nitrogen and oxygen atoms in total. The molecule has 1 heterocycles. The van der Waals surface area contributed by atoms with E-state index in [-0.39, 0.29) is 11.5 Å². The summed E-state index contributed by atoms with van der Waals surface area (Å²) >= 11 is 0. The van der Waals surface area contributed by atoms with Gasteiger partial charge in [-0.05, 0) is 43.7 Å². The number of hydrogen-bond donors (Lipinski definition) is 0. The highest BCUT2D eigenvalue weighted by Crippen LogP contribution is 2.46. The van der Waals surface area contributed by atoms with Crippen LogP contribution in [0.2, 0.25) is 0 Å². The van der Waals surface area contributed by atoms with Crippen molar-refractivity contribution in [1.29, 1.82) is 0 Å². The second-order valence-corrected chi connectivity index (χ2v) is 6.58. The van der Waals surface area contributed by atoms with Gasteiger partial charge in [-0.25, -0.2) is 0 Å². The van der Waals surface area contributed by atoms with Gasteiger partial charge in [0.1, 0.15) is 0 Å². The number of aryl methyl sites for hydroxylation is 1. The molecule has 0 aromatic heterocycles. The summed E-state index contributed by atoms with van der Waals surface area (Å²) in [5.74, 6) is 0.321. The lowest BCUT2D eigenvalue weighted by Gasteiger charge is -2.43. The number of carbonyl (C=O) groups excluding carboxylic acids is 1. The standard InChI is InChI=1S/C18H25NO2/c1-14-7-3-4-8-15(14)16-9-5-12-19(16)17(20)18(13-21-2)10-6-11-18/h3-4,7-8,16H,5-6,9-13H2,1-2H3. The first-order valence-corrected chi connectivity index (χ1v) is 8.03. The van der Waals surface area contributed by atoms with E-state index >= 15 is 0 Å². The molecule has 0 radical (unpaired) electrons. The monoisotopic (exact) mass is 287 g/mol. The second kappa shape index (κ2) is 5.80. The van der Waals surface area contributed by atoms with Gasteiger partial charge in [0.25, 0.3) is 0 Å². The van der Waals surface area contributed by atoms with Gasteiger partial charge in [0.15, 0.2) is 0 Å². The number of methoxy groups -OCH3 is 1. The van der Waals surface area contributed by atoms with Crippen LogP contribution in [0.3, 0.4) is 0 Å². The molecule has 1 atom stereocenters. The van der Waals surface area contributed by atoms with E-state index in [1.54, 1.807) is 7.11 Å². The summed E-state index contributed by atoms with van der Waals surface area (Å²) in [6.45, 7) is 3.61. The topological polar surface area (TPSA) is 29.5 Å². The Bertz CT molecular complexity index is 522. The lowest BCUT2D eigenvalue weighted by molar-refractivity contribution is -0.153. The lowest BCUT2D eigenvalue weighted by Crippen LogP contribution is -2.50. The van der Waals surface area contributed by atoms with Crippen molar-refractivity contribution in [2.24, 2.45) is 5.41 Å². The minimum atomic E-state index is -0.236. The maximum atomic E-state index is 13.1. The molecule has 114 valence electrons. The molecule has 3 rings (SSSR count). The van der Waals surface area contributed by atoms with Gasteiger partial charge < -0.3 is 9.64 Å². The Hall–Kier alpha value is -1.35. The highest BCUT2D eigenvalue weighted by atomic mass is 16.5. The number of carbonyl (C=O) groups is 1.